The predicted octanol–water partition coefficient (Wildman–Crippen LogP) is 4.50. The normalized spacial score (nSPS) is 16.7. The Kier molecular flexibility index (Phi) is 10.7. The smallest absolute Gasteiger partial charge is 0.442 e. The first kappa shape index (κ1) is 35.5. The Morgan fingerprint density at radius 2 is 1.74 bits per heavy atom. The van der Waals surface area contributed by atoms with Crippen molar-refractivity contribution in [3.8, 4) is 11.5 Å². The Bertz CT molecular complexity index is 1690. The molecule has 0 N–H and O–H groups in total. The van der Waals surface area contributed by atoms with Crippen molar-refractivity contribution < 1.29 is 42.6 Å². The zero-order valence-electron chi connectivity index (χ0n) is 27.7. The number of anilines is 1. The van der Waals surface area contributed by atoms with Crippen LogP contribution in [0.3, 0.4) is 0 Å². The summed E-state index contributed by atoms with van der Waals surface area (Å²) in [5.41, 5.74) is 0.0885. The van der Waals surface area contributed by atoms with Crippen molar-refractivity contribution in [3.05, 3.63) is 68.9 Å². The quantitative estimate of drug-likeness (QED) is 0.265. The van der Waals surface area contributed by atoms with Gasteiger partial charge < -0.3 is 28.6 Å². The SMILES string of the molecule is COc1cccc([C@H]2O[C@H](Cc3noc(=O)n3CC(=O)OC(C)(C)C)C(=O)N(CC(C)(C)COC(C)=O)c3ccc(Cl)cc32)c1OC. The first-order valence-corrected chi connectivity index (χ1v) is 15.3. The van der Waals surface area contributed by atoms with Gasteiger partial charge >= 0.3 is 17.7 Å². The van der Waals surface area contributed by atoms with Crippen LogP contribution in [0.1, 0.15) is 64.6 Å². The number of methoxy groups -OCH3 is 2. The first-order chi connectivity index (χ1) is 22.0. The van der Waals surface area contributed by atoms with E-state index in [1.165, 1.54) is 21.1 Å². The summed E-state index contributed by atoms with van der Waals surface area (Å²) in [6.45, 7) is 9.80. The van der Waals surface area contributed by atoms with Gasteiger partial charge in [0.1, 0.15) is 24.4 Å². The van der Waals surface area contributed by atoms with Crippen molar-refractivity contribution in [1.82, 2.24) is 9.72 Å². The number of halogens is 1. The molecule has 47 heavy (non-hydrogen) atoms. The lowest BCUT2D eigenvalue weighted by molar-refractivity contribution is -0.155. The van der Waals surface area contributed by atoms with Crippen LogP contribution in [0.15, 0.2) is 45.7 Å². The van der Waals surface area contributed by atoms with Crippen LogP contribution in [0, 0.1) is 5.41 Å². The zero-order chi connectivity index (χ0) is 34.7. The number of benzene rings is 2. The molecule has 2 aromatic carbocycles. The lowest BCUT2D eigenvalue weighted by atomic mass is 9.92. The second kappa shape index (κ2) is 14.2. The molecule has 1 aromatic heterocycles. The summed E-state index contributed by atoms with van der Waals surface area (Å²) in [5.74, 6) is -1.70. The fraction of sp³-hybridized carbons (Fsp3) is 0.485. The van der Waals surface area contributed by atoms with Gasteiger partial charge in [0.15, 0.2) is 17.3 Å². The van der Waals surface area contributed by atoms with E-state index in [-0.39, 0.29) is 25.4 Å². The molecule has 1 amide bonds. The summed E-state index contributed by atoms with van der Waals surface area (Å²) in [6, 6.07) is 10.4. The minimum absolute atomic E-state index is 0.00122. The van der Waals surface area contributed by atoms with E-state index in [0.717, 1.165) is 4.57 Å². The molecule has 0 unspecified atom stereocenters. The van der Waals surface area contributed by atoms with Gasteiger partial charge in [-0.1, -0.05) is 42.7 Å². The van der Waals surface area contributed by atoms with Crippen LogP contribution in [-0.2, 0) is 41.6 Å². The number of ether oxygens (including phenoxy) is 5. The molecule has 0 saturated heterocycles. The van der Waals surface area contributed by atoms with E-state index in [0.29, 0.717) is 33.3 Å². The van der Waals surface area contributed by atoms with Gasteiger partial charge in [-0.3, -0.25) is 18.9 Å². The molecular weight excluding hydrogens is 634 g/mol. The van der Waals surface area contributed by atoms with Gasteiger partial charge in [-0.05, 0) is 45.0 Å². The van der Waals surface area contributed by atoms with Crippen molar-refractivity contribution in [2.45, 2.75) is 72.3 Å². The van der Waals surface area contributed by atoms with Crippen LogP contribution in [0.4, 0.5) is 5.69 Å². The maximum atomic E-state index is 14.6. The molecule has 3 aromatic rings. The third kappa shape index (κ3) is 8.52. The average Bonchev–Trinajstić information content (AvgIpc) is 3.28. The van der Waals surface area contributed by atoms with Crippen LogP contribution in [0.5, 0.6) is 11.5 Å². The van der Waals surface area contributed by atoms with Crippen LogP contribution < -0.4 is 20.1 Å². The lowest BCUT2D eigenvalue weighted by Gasteiger charge is -2.33. The molecule has 0 radical (unpaired) electrons. The number of esters is 2. The van der Waals surface area contributed by atoms with Gasteiger partial charge in [-0.15, -0.1) is 0 Å². The largest absolute Gasteiger partial charge is 0.493 e. The number of rotatable bonds is 11. The Hall–Kier alpha value is -4.36. The van der Waals surface area contributed by atoms with Crippen molar-refractivity contribution in [2.75, 3.05) is 32.3 Å². The van der Waals surface area contributed by atoms with Gasteiger partial charge in [-0.2, -0.15) is 0 Å². The van der Waals surface area contributed by atoms with Crippen LogP contribution in [-0.4, -0.2) is 66.6 Å². The number of carbonyl (C=O) groups is 3. The van der Waals surface area contributed by atoms with Crippen LogP contribution in [0.25, 0.3) is 0 Å². The van der Waals surface area contributed by atoms with Gasteiger partial charge in [0.2, 0.25) is 0 Å². The molecule has 14 heteroatoms. The highest BCUT2D eigenvalue weighted by atomic mass is 35.5. The van der Waals surface area contributed by atoms with E-state index < -0.39 is 53.4 Å². The number of aromatic nitrogens is 2. The Morgan fingerprint density at radius 1 is 1.02 bits per heavy atom. The fourth-order valence-corrected chi connectivity index (χ4v) is 5.45. The second-order valence-corrected chi connectivity index (χ2v) is 13.3. The van der Waals surface area contributed by atoms with Gasteiger partial charge in [-0.25, -0.2) is 9.36 Å². The molecular formula is C33H40ClN3O10. The number of hydrogen-bond acceptors (Lipinski definition) is 11. The van der Waals surface area contributed by atoms with Gasteiger partial charge in [0.25, 0.3) is 5.91 Å². The summed E-state index contributed by atoms with van der Waals surface area (Å²) < 4.78 is 34.6. The third-order valence-electron chi connectivity index (χ3n) is 7.21. The topological polar surface area (TPSA) is 149 Å². The van der Waals surface area contributed by atoms with E-state index in [2.05, 4.69) is 5.16 Å². The summed E-state index contributed by atoms with van der Waals surface area (Å²) in [6.07, 6.45) is -2.44. The molecule has 1 aliphatic rings. The van der Waals surface area contributed by atoms with E-state index in [1.807, 2.05) is 13.8 Å². The number of nitrogens with zero attached hydrogens (tertiary/aromatic N) is 3. The monoisotopic (exact) mass is 673 g/mol. The second-order valence-electron chi connectivity index (χ2n) is 12.9. The average molecular weight is 674 g/mol. The van der Waals surface area contributed by atoms with E-state index in [4.69, 9.17) is 39.8 Å². The molecule has 0 bridgehead atoms. The summed E-state index contributed by atoms with van der Waals surface area (Å²) in [7, 11) is 3.00. The molecule has 13 nitrogen and oxygen atoms in total. The van der Waals surface area contributed by atoms with Crippen molar-refractivity contribution in [1.29, 1.82) is 0 Å². The standard InChI is InChI=1S/C33H40ClN3O10/c1-19(38)44-18-33(5,6)17-37-23-13-12-20(34)14-22(23)28(21-10-9-11-24(42-7)29(21)43-8)45-25(30(37)40)15-26-35-47-31(41)36(26)16-27(39)46-32(2,3)4/h9-14,25,28H,15-18H2,1-8H3/t25-,28-/m1/s1. The molecule has 0 spiro atoms. The minimum atomic E-state index is -1.26. The Morgan fingerprint density at radius 3 is 2.38 bits per heavy atom. The first-order valence-electron chi connectivity index (χ1n) is 14.9. The summed E-state index contributed by atoms with van der Waals surface area (Å²) in [4.78, 5) is 53.1. The molecule has 2 atom stereocenters. The molecule has 4 rings (SSSR count). The van der Waals surface area contributed by atoms with Gasteiger partial charge in [0, 0.05) is 47.1 Å². The lowest BCUT2D eigenvalue weighted by Crippen LogP contribution is -2.46. The molecule has 254 valence electrons. The number of fused-ring (bicyclic) bond motifs is 1. The molecule has 2 heterocycles. The van der Waals surface area contributed by atoms with Gasteiger partial charge in [0.05, 0.1) is 20.8 Å². The Labute approximate surface area is 277 Å². The maximum absolute atomic E-state index is 14.6. The van der Waals surface area contributed by atoms with E-state index >= 15 is 0 Å². The fourth-order valence-electron chi connectivity index (χ4n) is 5.27. The van der Waals surface area contributed by atoms with Crippen LogP contribution >= 0.6 is 11.6 Å². The molecule has 0 aliphatic carbocycles. The number of para-hydroxylation sites is 1. The maximum Gasteiger partial charge on any atom is 0.442 e. The summed E-state index contributed by atoms with van der Waals surface area (Å²) >= 11 is 6.52. The van der Waals surface area contributed by atoms with Crippen molar-refractivity contribution in [2.24, 2.45) is 5.41 Å². The number of carbonyl (C=O) groups excluding carboxylic acids is 3. The van der Waals surface area contributed by atoms with E-state index in [1.54, 1.807) is 62.1 Å². The molecule has 1 aliphatic heterocycles. The number of amides is 1. The predicted molar refractivity (Wildman–Crippen MR) is 171 cm³/mol. The third-order valence-corrected chi connectivity index (χ3v) is 7.44. The molecule has 0 fully saturated rings. The Balaban J connectivity index is 1.86. The van der Waals surface area contributed by atoms with Crippen molar-refractivity contribution in [3.63, 3.8) is 0 Å². The van der Waals surface area contributed by atoms with Crippen molar-refractivity contribution >= 4 is 35.1 Å². The number of hydrogen-bond donors (Lipinski definition) is 0. The minimum Gasteiger partial charge on any atom is -0.493 e. The zero-order valence-corrected chi connectivity index (χ0v) is 28.5. The highest BCUT2D eigenvalue weighted by molar-refractivity contribution is 6.30. The van der Waals surface area contributed by atoms with Crippen LogP contribution in [0.2, 0.25) is 5.02 Å². The van der Waals surface area contributed by atoms with E-state index in [9.17, 15) is 19.2 Å². The molecule has 0 saturated carbocycles. The highest BCUT2D eigenvalue weighted by Crippen LogP contribution is 2.45. The highest BCUT2D eigenvalue weighted by Gasteiger charge is 2.41. The summed E-state index contributed by atoms with van der Waals surface area (Å²) in [5, 5.41) is 4.28.